The third kappa shape index (κ3) is 3.81. The van der Waals surface area contributed by atoms with Crippen LogP contribution in [0.1, 0.15) is 31.9 Å². The zero-order valence-electron chi connectivity index (χ0n) is 12.7. The summed E-state index contributed by atoms with van der Waals surface area (Å²) < 4.78 is 11.7. The van der Waals surface area contributed by atoms with Crippen LogP contribution in [0.2, 0.25) is 0 Å². The minimum absolute atomic E-state index is 0.0833. The molecule has 1 aliphatic rings. The summed E-state index contributed by atoms with van der Waals surface area (Å²) in [5, 5.41) is 12.0. The Balaban J connectivity index is 1.96. The Morgan fingerprint density at radius 3 is 2.67 bits per heavy atom. The van der Waals surface area contributed by atoms with E-state index in [1.165, 1.54) is 0 Å². The van der Waals surface area contributed by atoms with Gasteiger partial charge in [0.1, 0.15) is 6.04 Å². The Bertz CT molecular complexity index is 465. The van der Waals surface area contributed by atoms with Crippen LogP contribution in [0.5, 0.6) is 0 Å². The van der Waals surface area contributed by atoms with Crippen molar-refractivity contribution >= 4 is 5.97 Å². The van der Waals surface area contributed by atoms with Gasteiger partial charge in [-0.2, -0.15) is 0 Å². The number of carbonyl (C=O) groups is 1. The van der Waals surface area contributed by atoms with Gasteiger partial charge in [0.25, 0.3) is 0 Å². The van der Waals surface area contributed by atoms with Gasteiger partial charge in [-0.15, -0.1) is 0 Å². The van der Waals surface area contributed by atoms with E-state index in [0.717, 1.165) is 5.56 Å². The molecule has 5 heteroatoms. The average molecular weight is 293 g/mol. The predicted molar refractivity (Wildman–Crippen MR) is 78.9 cm³/mol. The van der Waals surface area contributed by atoms with Gasteiger partial charge in [-0.3, -0.25) is 4.79 Å². The highest BCUT2D eigenvalue weighted by molar-refractivity contribution is 5.74. The number of likely N-dealkylation sites (N-methyl/N-ethyl adjacent to an activating group) is 1. The van der Waals surface area contributed by atoms with Gasteiger partial charge in [0, 0.05) is 6.42 Å². The van der Waals surface area contributed by atoms with Crippen molar-refractivity contribution in [2.45, 2.75) is 44.8 Å². The van der Waals surface area contributed by atoms with Crippen molar-refractivity contribution in [3.05, 3.63) is 35.9 Å². The van der Waals surface area contributed by atoms with Gasteiger partial charge in [0.2, 0.25) is 0 Å². The van der Waals surface area contributed by atoms with Gasteiger partial charge in [0.15, 0.2) is 6.29 Å². The number of ether oxygens (including phenoxy) is 2. The first-order valence-electron chi connectivity index (χ1n) is 7.29. The first kappa shape index (κ1) is 15.9. The fraction of sp³-hybridized carbons (Fsp3) is 0.562. The third-order valence-corrected chi connectivity index (χ3v) is 3.96. The van der Waals surface area contributed by atoms with Crippen LogP contribution < -0.4 is 5.32 Å². The Labute approximate surface area is 125 Å². The molecular weight excluding hydrogens is 270 g/mol. The number of nitrogens with one attached hydrogen (secondary N) is 1. The van der Waals surface area contributed by atoms with E-state index in [9.17, 15) is 9.90 Å². The quantitative estimate of drug-likeness (QED) is 0.841. The van der Waals surface area contributed by atoms with E-state index >= 15 is 0 Å². The Hall–Kier alpha value is -1.43. The lowest BCUT2D eigenvalue weighted by molar-refractivity contribution is -0.171. The maximum Gasteiger partial charge on any atom is 0.323 e. The molecule has 1 aliphatic heterocycles. The standard InChI is InChI=1S/C16H23NO4/c1-10-9-13(21-15(10)14(17-3)16(18)19)20-11(2)12-7-5-4-6-8-12/h4-8,10-11,13-15,17H,9H2,1-3H3,(H,18,19)/t10-,11?,13?,14?,15-/m1/s1. The van der Waals surface area contributed by atoms with Crippen LogP contribution in [0.4, 0.5) is 0 Å². The molecule has 1 aromatic carbocycles. The van der Waals surface area contributed by atoms with Gasteiger partial charge < -0.3 is 19.9 Å². The van der Waals surface area contributed by atoms with Crippen molar-refractivity contribution in [1.29, 1.82) is 0 Å². The van der Waals surface area contributed by atoms with Crippen LogP contribution in [0.25, 0.3) is 0 Å². The molecule has 0 aromatic heterocycles. The maximum absolute atomic E-state index is 11.2. The van der Waals surface area contributed by atoms with Crippen molar-refractivity contribution in [1.82, 2.24) is 5.32 Å². The second kappa shape index (κ2) is 7.02. The summed E-state index contributed by atoms with van der Waals surface area (Å²) in [6, 6.07) is 9.21. The second-order valence-corrected chi connectivity index (χ2v) is 5.54. The number of aliphatic carboxylic acids is 1. The summed E-state index contributed by atoms with van der Waals surface area (Å²) in [5.41, 5.74) is 1.08. The molecule has 3 unspecified atom stereocenters. The van der Waals surface area contributed by atoms with Crippen LogP contribution in [0.3, 0.4) is 0 Å². The van der Waals surface area contributed by atoms with Crippen molar-refractivity contribution in [2.24, 2.45) is 5.92 Å². The maximum atomic E-state index is 11.2. The van der Waals surface area contributed by atoms with E-state index in [1.54, 1.807) is 7.05 Å². The molecule has 1 saturated heterocycles. The third-order valence-electron chi connectivity index (χ3n) is 3.96. The lowest BCUT2D eigenvalue weighted by Gasteiger charge is -2.23. The second-order valence-electron chi connectivity index (χ2n) is 5.54. The lowest BCUT2D eigenvalue weighted by atomic mass is 9.97. The Morgan fingerprint density at radius 2 is 2.10 bits per heavy atom. The van der Waals surface area contributed by atoms with Crippen LogP contribution in [0.15, 0.2) is 30.3 Å². The molecule has 0 saturated carbocycles. The number of hydrogen-bond donors (Lipinski definition) is 2. The van der Waals surface area contributed by atoms with Crippen LogP contribution >= 0.6 is 0 Å². The van der Waals surface area contributed by atoms with E-state index in [0.29, 0.717) is 6.42 Å². The van der Waals surface area contributed by atoms with Crippen LogP contribution in [-0.2, 0) is 14.3 Å². The van der Waals surface area contributed by atoms with E-state index in [2.05, 4.69) is 5.32 Å². The summed E-state index contributed by atoms with van der Waals surface area (Å²) in [6.45, 7) is 3.97. The fourth-order valence-electron chi connectivity index (χ4n) is 2.76. The normalized spacial score (nSPS) is 28.2. The monoisotopic (exact) mass is 293 g/mol. The molecule has 1 aromatic rings. The van der Waals surface area contributed by atoms with Crippen LogP contribution in [0, 0.1) is 5.92 Å². The molecule has 1 heterocycles. The van der Waals surface area contributed by atoms with E-state index in [1.807, 2.05) is 44.2 Å². The van der Waals surface area contributed by atoms with Gasteiger partial charge in [-0.05, 0) is 25.5 Å². The topological polar surface area (TPSA) is 67.8 Å². The molecule has 2 rings (SSSR count). The number of benzene rings is 1. The summed E-state index contributed by atoms with van der Waals surface area (Å²) in [7, 11) is 1.63. The van der Waals surface area contributed by atoms with Crippen LogP contribution in [-0.4, -0.2) is 36.6 Å². The number of carboxylic acid groups (broad SMARTS) is 1. The first-order chi connectivity index (χ1) is 10.0. The van der Waals surface area contributed by atoms with Crippen molar-refractivity contribution < 1.29 is 19.4 Å². The first-order valence-corrected chi connectivity index (χ1v) is 7.29. The van der Waals surface area contributed by atoms with E-state index in [-0.39, 0.29) is 24.4 Å². The predicted octanol–water partition coefficient (Wildman–Crippen LogP) is 2.19. The summed E-state index contributed by atoms with van der Waals surface area (Å²) in [5.74, 6) is -0.766. The van der Waals surface area contributed by atoms with Crippen molar-refractivity contribution in [3.63, 3.8) is 0 Å². The molecular formula is C16H23NO4. The molecule has 2 N–H and O–H groups in total. The van der Waals surface area contributed by atoms with Gasteiger partial charge in [-0.1, -0.05) is 37.3 Å². The van der Waals surface area contributed by atoms with Gasteiger partial charge in [-0.25, -0.2) is 0 Å². The molecule has 5 nitrogen and oxygen atoms in total. The van der Waals surface area contributed by atoms with E-state index in [4.69, 9.17) is 9.47 Å². The highest BCUT2D eigenvalue weighted by Gasteiger charge is 2.41. The lowest BCUT2D eigenvalue weighted by Crippen LogP contribution is -2.46. The molecule has 0 aliphatic carbocycles. The Morgan fingerprint density at radius 1 is 1.43 bits per heavy atom. The average Bonchev–Trinajstić information content (AvgIpc) is 2.81. The zero-order chi connectivity index (χ0) is 15.4. The van der Waals surface area contributed by atoms with Crippen molar-refractivity contribution in [2.75, 3.05) is 7.05 Å². The smallest absolute Gasteiger partial charge is 0.323 e. The summed E-state index contributed by atoms with van der Waals surface area (Å²) in [6.07, 6.45) is -0.122. The highest BCUT2D eigenvalue weighted by Crippen LogP contribution is 2.32. The van der Waals surface area contributed by atoms with Crippen molar-refractivity contribution in [3.8, 4) is 0 Å². The fourth-order valence-corrected chi connectivity index (χ4v) is 2.76. The highest BCUT2D eigenvalue weighted by atomic mass is 16.7. The molecule has 21 heavy (non-hydrogen) atoms. The SMILES string of the molecule is CNC(C(=O)O)[C@@H]1OC(OC(C)c2ccccc2)C[C@H]1C. The number of hydrogen-bond acceptors (Lipinski definition) is 4. The minimum atomic E-state index is -0.897. The Kier molecular flexibility index (Phi) is 5.33. The number of rotatable bonds is 6. The zero-order valence-corrected chi connectivity index (χ0v) is 12.7. The molecule has 0 spiro atoms. The molecule has 0 amide bonds. The largest absolute Gasteiger partial charge is 0.480 e. The molecule has 116 valence electrons. The molecule has 1 fully saturated rings. The summed E-state index contributed by atoms with van der Waals surface area (Å²) in [4.78, 5) is 11.2. The summed E-state index contributed by atoms with van der Waals surface area (Å²) >= 11 is 0. The molecule has 0 bridgehead atoms. The molecule has 0 radical (unpaired) electrons. The minimum Gasteiger partial charge on any atom is -0.480 e. The number of carboxylic acids is 1. The van der Waals surface area contributed by atoms with Gasteiger partial charge in [0.05, 0.1) is 12.2 Å². The van der Waals surface area contributed by atoms with E-state index < -0.39 is 12.0 Å². The molecule has 5 atom stereocenters. The van der Waals surface area contributed by atoms with Gasteiger partial charge >= 0.3 is 5.97 Å².